The molecule has 32 heavy (non-hydrogen) atoms. The van der Waals surface area contributed by atoms with Crippen LogP contribution in [0.3, 0.4) is 0 Å². The summed E-state index contributed by atoms with van der Waals surface area (Å²) in [6.07, 6.45) is 0. The predicted octanol–water partition coefficient (Wildman–Crippen LogP) is 4.56. The van der Waals surface area contributed by atoms with Crippen molar-refractivity contribution in [2.24, 2.45) is 0 Å². The zero-order valence-electron chi connectivity index (χ0n) is 17.0. The van der Waals surface area contributed by atoms with Crippen molar-refractivity contribution < 1.29 is 18.6 Å². The van der Waals surface area contributed by atoms with Gasteiger partial charge in [0.2, 0.25) is 11.8 Å². The zero-order chi connectivity index (χ0) is 23.0. The summed E-state index contributed by atoms with van der Waals surface area (Å²) in [5, 5.41) is 16.0. The number of aromatic nitrogens is 4. The van der Waals surface area contributed by atoms with Gasteiger partial charge >= 0.3 is 0 Å². The molecule has 2 heterocycles. The monoisotopic (exact) mass is 502 g/mol. The molecule has 0 unspecified atom stereocenters. The van der Waals surface area contributed by atoms with E-state index in [2.05, 4.69) is 31.1 Å². The van der Waals surface area contributed by atoms with Gasteiger partial charge in [-0.1, -0.05) is 12.1 Å². The summed E-state index contributed by atoms with van der Waals surface area (Å²) in [5.74, 6) is -1.16. The Kier molecular flexibility index (Phi) is 5.79. The average molecular weight is 503 g/mol. The van der Waals surface area contributed by atoms with E-state index in [-0.39, 0.29) is 28.4 Å². The quantitative estimate of drug-likeness (QED) is 0.417. The fourth-order valence-electron chi connectivity index (χ4n) is 3.22. The van der Waals surface area contributed by atoms with Gasteiger partial charge in [-0.15, -0.1) is 0 Å². The van der Waals surface area contributed by atoms with E-state index < -0.39 is 17.2 Å². The highest BCUT2D eigenvalue weighted by Gasteiger charge is 2.18. The maximum atomic E-state index is 13.9. The molecule has 0 saturated heterocycles. The summed E-state index contributed by atoms with van der Waals surface area (Å²) in [5.41, 5.74) is 2.32. The number of aromatic hydroxyl groups is 1. The minimum absolute atomic E-state index is 0.00138. The van der Waals surface area contributed by atoms with Crippen LogP contribution in [0.5, 0.6) is 11.8 Å². The number of H-pyrrole nitrogens is 1. The van der Waals surface area contributed by atoms with Crippen LogP contribution in [0.15, 0.2) is 51.7 Å². The SMILES string of the molecule is Cc1ccc(-c2cc(O)[nH]n2)cc1-n1c(C)nc(OCc2ccc(F)cc2F)c(Br)c1=O. The molecule has 0 bridgehead atoms. The lowest BCUT2D eigenvalue weighted by molar-refractivity contribution is 0.283. The Morgan fingerprint density at radius 2 is 1.94 bits per heavy atom. The molecule has 0 radical (unpaired) electrons. The molecule has 7 nitrogen and oxygen atoms in total. The van der Waals surface area contributed by atoms with Crippen molar-refractivity contribution in [2.75, 3.05) is 0 Å². The van der Waals surface area contributed by atoms with E-state index >= 15 is 0 Å². The lowest BCUT2D eigenvalue weighted by Gasteiger charge is -2.16. The normalized spacial score (nSPS) is 11.0. The van der Waals surface area contributed by atoms with Gasteiger partial charge in [0.15, 0.2) is 0 Å². The molecule has 2 aromatic heterocycles. The van der Waals surface area contributed by atoms with E-state index in [1.54, 1.807) is 13.0 Å². The second-order valence-electron chi connectivity index (χ2n) is 7.08. The van der Waals surface area contributed by atoms with Crippen molar-refractivity contribution in [3.8, 4) is 28.7 Å². The van der Waals surface area contributed by atoms with Crippen molar-refractivity contribution in [3.05, 3.63) is 85.9 Å². The van der Waals surface area contributed by atoms with Crippen LogP contribution in [0.4, 0.5) is 8.78 Å². The Morgan fingerprint density at radius 3 is 2.62 bits per heavy atom. The number of halogens is 3. The van der Waals surface area contributed by atoms with Gasteiger partial charge in [-0.05, 0) is 53.5 Å². The molecule has 0 atom stereocenters. The van der Waals surface area contributed by atoms with Gasteiger partial charge in [-0.25, -0.2) is 13.9 Å². The van der Waals surface area contributed by atoms with Crippen molar-refractivity contribution >= 4 is 15.9 Å². The molecule has 0 saturated carbocycles. The van der Waals surface area contributed by atoms with Gasteiger partial charge in [-0.3, -0.25) is 9.36 Å². The fraction of sp³-hybridized carbons (Fsp3) is 0.136. The first kappa shape index (κ1) is 21.7. The van der Waals surface area contributed by atoms with Crippen LogP contribution in [0.2, 0.25) is 0 Å². The fourth-order valence-corrected chi connectivity index (χ4v) is 3.60. The number of ether oxygens (including phenoxy) is 1. The number of hydrogen-bond acceptors (Lipinski definition) is 5. The third kappa shape index (κ3) is 4.13. The van der Waals surface area contributed by atoms with Crippen LogP contribution in [-0.4, -0.2) is 24.9 Å². The largest absolute Gasteiger partial charge is 0.494 e. The number of benzene rings is 2. The highest BCUT2D eigenvalue weighted by Crippen LogP contribution is 2.27. The van der Waals surface area contributed by atoms with E-state index in [9.17, 15) is 18.7 Å². The lowest BCUT2D eigenvalue weighted by Crippen LogP contribution is -2.24. The molecule has 164 valence electrons. The Morgan fingerprint density at radius 1 is 1.16 bits per heavy atom. The summed E-state index contributed by atoms with van der Waals surface area (Å²) in [6, 6.07) is 10.1. The van der Waals surface area contributed by atoms with Crippen LogP contribution >= 0.6 is 15.9 Å². The topological polar surface area (TPSA) is 93.0 Å². The third-order valence-corrected chi connectivity index (χ3v) is 5.53. The summed E-state index contributed by atoms with van der Waals surface area (Å²) in [6.45, 7) is 3.27. The molecule has 0 amide bonds. The van der Waals surface area contributed by atoms with Crippen molar-refractivity contribution in [2.45, 2.75) is 20.5 Å². The Balaban J connectivity index is 1.71. The highest BCUT2D eigenvalue weighted by molar-refractivity contribution is 9.10. The van der Waals surface area contributed by atoms with E-state index in [0.717, 1.165) is 17.7 Å². The van der Waals surface area contributed by atoms with Crippen LogP contribution < -0.4 is 10.3 Å². The second kappa shape index (κ2) is 8.54. The van der Waals surface area contributed by atoms with Crippen LogP contribution in [-0.2, 0) is 6.61 Å². The van der Waals surface area contributed by atoms with Gasteiger partial charge in [0, 0.05) is 23.3 Å². The molecule has 0 spiro atoms. The Labute approximate surface area is 189 Å². The van der Waals surface area contributed by atoms with Crippen molar-refractivity contribution in [1.82, 2.24) is 19.7 Å². The number of aryl methyl sites for hydroxylation is 2. The highest BCUT2D eigenvalue weighted by atomic mass is 79.9. The number of nitrogens with one attached hydrogen (secondary N) is 1. The first-order valence-electron chi connectivity index (χ1n) is 9.46. The summed E-state index contributed by atoms with van der Waals surface area (Å²) < 4.78 is 34.0. The third-order valence-electron chi connectivity index (χ3n) is 4.86. The average Bonchev–Trinajstić information content (AvgIpc) is 3.18. The number of hydrogen-bond donors (Lipinski definition) is 2. The van der Waals surface area contributed by atoms with Crippen LogP contribution in [0.1, 0.15) is 17.0 Å². The minimum Gasteiger partial charge on any atom is -0.494 e. The van der Waals surface area contributed by atoms with E-state index in [0.29, 0.717) is 22.8 Å². The first-order valence-corrected chi connectivity index (χ1v) is 10.3. The minimum atomic E-state index is -0.747. The smallest absolute Gasteiger partial charge is 0.276 e. The van der Waals surface area contributed by atoms with E-state index in [1.165, 1.54) is 16.7 Å². The van der Waals surface area contributed by atoms with E-state index in [4.69, 9.17) is 4.74 Å². The standard InChI is InChI=1S/C22H17BrF2N4O3/c1-11-3-4-13(17-9-19(30)28-27-17)7-18(11)29-12(2)26-21(20(23)22(29)31)32-10-14-5-6-15(24)8-16(14)25/h3-9H,10H2,1-2H3,(H2,27,28,30). The Hall–Kier alpha value is -3.53. The molecular formula is C22H17BrF2N4O3. The number of rotatable bonds is 5. The van der Waals surface area contributed by atoms with Crippen LogP contribution in [0.25, 0.3) is 16.9 Å². The maximum absolute atomic E-state index is 13.9. The van der Waals surface area contributed by atoms with Crippen molar-refractivity contribution in [3.63, 3.8) is 0 Å². The van der Waals surface area contributed by atoms with Gasteiger partial charge in [-0.2, -0.15) is 10.1 Å². The maximum Gasteiger partial charge on any atom is 0.276 e. The van der Waals surface area contributed by atoms with Crippen LogP contribution in [0, 0.1) is 25.5 Å². The summed E-state index contributed by atoms with van der Waals surface area (Å²) >= 11 is 3.23. The lowest BCUT2D eigenvalue weighted by atomic mass is 10.1. The van der Waals surface area contributed by atoms with Gasteiger partial charge in [0.05, 0.1) is 11.4 Å². The van der Waals surface area contributed by atoms with Crippen molar-refractivity contribution in [1.29, 1.82) is 0 Å². The molecule has 4 rings (SSSR count). The predicted molar refractivity (Wildman–Crippen MR) is 117 cm³/mol. The second-order valence-corrected chi connectivity index (χ2v) is 7.88. The summed E-state index contributed by atoms with van der Waals surface area (Å²) in [4.78, 5) is 17.5. The molecule has 0 aliphatic heterocycles. The zero-order valence-corrected chi connectivity index (χ0v) is 18.6. The molecule has 2 aromatic carbocycles. The van der Waals surface area contributed by atoms with Gasteiger partial charge in [0.25, 0.3) is 5.56 Å². The van der Waals surface area contributed by atoms with E-state index in [1.807, 2.05) is 19.1 Å². The molecular weight excluding hydrogens is 486 g/mol. The van der Waals surface area contributed by atoms with Gasteiger partial charge in [0.1, 0.15) is 28.5 Å². The molecule has 2 N–H and O–H groups in total. The number of aromatic amines is 1. The molecule has 0 fully saturated rings. The van der Waals surface area contributed by atoms with Gasteiger partial charge < -0.3 is 9.84 Å². The first-order chi connectivity index (χ1) is 15.2. The summed E-state index contributed by atoms with van der Waals surface area (Å²) in [7, 11) is 0. The molecule has 0 aliphatic carbocycles. The molecule has 4 aromatic rings. The molecule has 0 aliphatic rings. The number of nitrogens with zero attached hydrogens (tertiary/aromatic N) is 3. The Bertz CT molecular complexity index is 1380. The molecule has 10 heteroatoms.